The molecule has 0 atom stereocenters. The maximum absolute atomic E-state index is 14.7. The van der Waals surface area contributed by atoms with Gasteiger partial charge in [0.1, 0.15) is 11.3 Å². The lowest BCUT2D eigenvalue weighted by molar-refractivity contribution is 0.0963. The first-order chi connectivity index (χ1) is 13.5. The molecule has 0 unspecified atom stereocenters. The summed E-state index contributed by atoms with van der Waals surface area (Å²) in [5.41, 5.74) is 2.36. The Morgan fingerprint density at radius 3 is 2.18 bits per heavy atom. The molecule has 5 nitrogen and oxygen atoms in total. The summed E-state index contributed by atoms with van der Waals surface area (Å²) >= 11 is 0. The summed E-state index contributed by atoms with van der Waals surface area (Å²) in [7, 11) is 1.56. The molecule has 0 aliphatic carbocycles. The Kier molecular flexibility index (Phi) is 4.27. The van der Waals surface area contributed by atoms with Crippen molar-refractivity contribution in [3.63, 3.8) is 0 Å². The number of nitrogens with zero attached hydrogens (tertiary/aromatic N) is 1. The number of aromatic amines is 1. The molecule has 0 spiro atoms. The predicted molar refractivity (Wildman–Crippen MR) is 102 cm³/mol. The van der Waals surface area contributed by atoms with Gasteiger partial charge in [-0.1, -0.05) is 36.4 Å². The first-order valence-electron chi connectivity index (χ1n) is 8.47. The van der Waals surface area contributed by atoms with Crippen LogP contribution in [-0.4, -0.2) is 28.0 Å². The monoisotopic (exact) mass is 379 g/mol. The van der Waals surface area contributed by atoms with Crippen LogP contribution in [0.2, 0.25) is 0 Å². The molecule has 1 amide bonds. The summed E-state index contributed by atoms with van der Waals surface area (Å²) in [6.45, 7) is 0. The molecule has 1 heterocycles. The number of aromatic nitrogens is 2. The molecule has 140 valence electrons. The van der Waals surface area contributed by atoms with Gasteiger partial charge < -0.3 is 15.4 Å². The van der Waals surface area contributed by atoms with Crippen molar-refractivity contribution in [2.75, 3.05) is 7.05 Å². The molecule has 4 rings (SSSR count). The molecule has 28 heavy (non-hydrogen) atoms. The van der Waals surface area contributed by atoms with Crippen molar-refractivity contribution in [3.05, 3.63) is 71.8 Å². The molecule has 3 aromatic carbocycles. The van der Waals surface area contributed by atoms with E-state index in [2.05, 4.69) is 15.3 Å². The largest absolute Gasteiger partial charge is 0.480 e. The SMILES string of the molecule is CNC(=O)c1ccc(-c2ccc(-c3c(F)cc4[nH]c(O)nc4c3F)cc2)cc1. The van der Waals surface area contributed by atoms with Gasteiger partial charge in [0.05, 0.1) is 11.1 Å². The van der Waals surface area contributed by atoms with Gasteiger partial charge in [0.25, 0.3) is 11.9 Å². The molecule has 0 saturated carbocycles. The number of halogens is 2. The molecule has 4 aromatic rings. The van der Waals surface area contributed by atoms with Gasteiger partial charge in [-0.25, -0.2) is 8.78 Å². The van der Waals surface area contributed by atoms with Crippen LogP contribution < -0.4 is 5.32 Å². The summed E-state index contributed by atoms with van der Waals surface area (Å²) in [6.07, 6.45) is 0. The molecular weight excluding hydrogens is 364 g/mol. The zero-order valence-electron chi connectivity index (χ0n) is 14.8. The standard InChI is InChI=1S/C21H15F2N3O2/c1-24-20(27)14-8-4-12(5-9-14)11-2-6-13(7-3-11)17-15(22)10-16-19(18(17)23)26-21(28)25-16/h2-10H,1H3,(H,24,27)(H2,25,26,28). The zero-order valence-corrected chi connectivity index (χ0v) is 14.8. The second-order valence-electron chi connectivity index (χ2n) is 6.24. The number of nitrogens with one attached hydrogen (secondary N) is 2. The normalized spacial score (nSPS) is 11.0. The number of imidazole rings is 1. The molecule has 7 heteroatoms. The minimum Gasteiger partial charge on any atom is -0.480 e. The van der Waals surface area contributed by atoms with E-state index in [-0.39, 0.29) is 22.5 Å². The predicted octanol–water partition coefficient (Wildman–Crippen LogP) is 4.24. The summed E-state index contributed by atoms with van der Waals surface area (Å²) < 4.78 is 29.2. The van der Waals surface area contributed by atoms with Crippen LogP contribution in [0.25, 0.3) is 33.3 Å². The average molecular weight is 379 g/mol. The highest BCUT2D eigenvalue weighted by Gasteiger charge is 2.18. The van der Waals surface area contributed by atoms with E-state index in [1.54, 1.807) is 55.6 Å². The van der Waals surface area contributed by atoms with Crippen LogP contribution in [-0.2, 0) is 0 Å². The lowest BCUT2D eigenvalue weighted by atomic mass is 9.98. The molecule has 3 N–H and O–H groups in total. The number of benzene rings is 3. The van der Waals surface area contributed by atoms with Crippen molar-refractivity contribution >= 4 is 16.9 Å². The van der Waals surface area contributed by atoms with E-state index in [4.69, 9.17) is 0 Å². The van der Waals surface area contributed by atoms with E-state index in [0.717, 1.165) is 17.2 Å². The fourth-order valence-corrected chi connectivity index (χ4v) is 3.12. The maximum Gasteiger partial charge on any atom is 0.292 e. The Hall–Kier alpha value is -3.74. The van der Waals surface area contributed by atoms with E-state index >= 15 is 0 Å². The van der Waals surface area contributed by atoms with Crippen LogP contribution in [0, 0.1) is 11.6 Å². The Labute approximate surface area is 158 Å². The Balaban J connectivity index is 1.70. The van der Waals surface area contributed by atoms with Crippen molar-refractivity contribution in [1.29, 1.82) is 0 Å². The van der Waals surface area contributed by atoms with Gasteiger partial charge in [0.2, 0.25) is 0 Å². The quantitative estimate of drug-likeness (QED) is 0.498. The first-order valence-corrected chi connectivity index (χ1v) is 8.47. The van der Waals surface area contributed by atoms with Crippen LogP contribution in [0.5, 0.6) is 6.01 Å². The fourth-order valence-electron chi connectivity index (χ4n) is 3.12. The third-order valence-corrected chi connectivity index (χ3v) is 4.54. The maximum atomic E-state index is 14.7. The van der Waals surface area contributed by atoms with E-state index in [0.29, 0.717) is 11.1 Å². The van der Waals surface area contributed by atoms with Crippen molar-refractivity contribution in [2.45, 2.75) is 0 Å². The van der Waals surface area contributed by atoms with E-state index in [1.807, 2.05) is 0 Å². The van der Waals surface area contributed by atoms with Crippen molar-refractivity contribution in [2.24, 2.45) is 0 Å². The summed E-state index contributed by atoms with van der Waals surface area (Å²) in [5, 5.41) is 11.9. The van der Waals surface area contributed by atoms with E-state index in [1.165, 1.54) is 0 Å². The Morgan fingerprint density at radius 2 is 1.57 bits per heavy atom. The highest BCUT2D eigenvalue weighted by molar-refractivity contribution is 5.94. The summed E-state index contributed by atoms with van der Waals surface area (Å²) in [6, 6.07) is 14.4. The Bertz CT molecular complexity index is 1180. The lowest BCUT2D eigenvalue weighted by Gasteiger charge is -2.08. The molecular formula is C21H15F2N3O2. The number of amides is 1. The minimum atomic E-state index is -0.839. The molecule has 0 bridgehead atoms. The van der Waals surface area contributed by atoms with Gasteiger partial charge in [0, 0.05) is 18.7 Å². The van der Waals surface area contributed by atoms with Gasteiger partial charge in [0.15, 0.2) is 5.82 Å². The molecule has 0 saturated heterocycles. The third-order valence-electron chi connectivity index (χ3n) is 4.54. The first kappa shape index (κ1) is 17.7. The minimum absolute atomic E-state index is 0.0871. The topological polar surface area (TPSA) is 78.0 Å². The average Bonchev–Trinajstić information content (AvgIpc) is 3.08. The highest BCUT2D eigenvalue weighted by Crippen LogP contribution is 2.33. The second-order valence-corrected chi connectivity index (χ2v) is 6.24. The molecule has 0 aliphatic rings. The molecule has 0 aliphatic heterocycles. The highest BCUT2D eigenvalue weighted by atomic mass is 19.1. The second kappa shape index (κ2) is 6.77. The van der Waals surface area contributed by atoms with Crippen LogP contribution in [0.4, 0.5) is 8.78 Å². The van der Waals surface area contributed by atoms with Crippen molar-refractivity contribution in [3.8, 4) is 28.3 Å². The van der Waals surface area contributed by atoms with Crippen LogP contribution >= 0.6 is 0 Å². The van der Waals surface area contributed by atoms with Gasteiger partial charge in [-0.3, -0.25) is 4.79 Å². The van der Waals surface area contributed by atoms with Gasteiger partial charge in [-0.05, 0) is 28.8 Å². The summed E-state index contributed by atoms with van der Waals surface area (Å²) in [5.74, 6) is -1.77. The summed E-state index contributed by atoms with van der Waals surface area (Å²) in [4.78, 5) is 17.7. The zero-order chi connectivity index (χ0) is 19.8. The van der Waals surface area contributed by atoms with Gasteiger partial charge in [-0.15, -0.1) is 0 Å². The number of hydrogen-bond donors (Lipinski definition) is 3. The van der Waals surface area contributed by atoms with Crippen LogP contribution in [0.3, 0.4) is 0 Å². The number of H-pyrrole nitrogens is 1. The van der Waals surface area contributed by atoms with Crippen LogP contribution in [0.1, 0.15) is 10.4 Å². The third kappa shape index (κ3) is 2.96. The van der Waals surface area contributed by atoms with Gasteiger partial charge in [-0.2, -0.15) is 4.98 Å². The molecule has 1 aromatic heterocycles. The number of rotatable bonds is 3. The smallest absolute Gasteiger partial charge is 0.292 e. The molecule has 0 fully saturated rings. The lowest BCUT2D eigenvalue weighted by Crippen LogP contribution is -2.17. The number of hydrogen-bond acceptors (Lipinski definition) is 3. The van der Waals surface area contributed by atoms with Crippen LogP contribution in [0.15, 0.2) is 54.6 Å². The number of fused-ring (bicyclic) bond motifs is 1. The number of carbonyl (C=O) groups is 1. The number of aromatic hydroxyl groups is 1. The van der Waals surface area contributed by atoms with E-state index < -0.39 is 17.6 Å². The van der Waals surface area contributed by atoms with Crippen molar-refractivity contribution in [1.82, 2.24) is 15.3 Å². The van der Waals surface area contributed by atoms with Gasteiger partial charge >= 0.3 is 0 Å². The molecule has 0 radical (unpaired) electrons. The van der Waals surface area contributed by atoms with E-state index in [9.17, 15) is 18.7 Å². The Morgan fingerprint density at radius 1 is 1.00 bits per heavy atom. The number of carbonyl (C=O) groups excluding carboxylic acids is 1. The van der Waals surface area contributed by atoms with Crippen molar-refractivity contribution < 1.29 is 18.7 Å². The fraction of sp³-hybridized carbons (Fsp3) is 0.0476.